The maximum absolute atomic E-state index is 12.3. The lowest BCUT2D eigenvalue weighted by Gasteiger charge is -2.29. The summed E-state index contributed by atoms with van der Waals surface area (Å²) in [6.07, 6.45) is -0.111. The molecule has 6 nitrogen and oxygen atoms in total. The molecule has 1 fully saturated rings. The lowest BCUT2D eigenvalue weighted by atomic mass is 9.99. The molecule has 1 atom stereocenters. The normalized spacial score (nSPS) is 21.3. The van der Waals surface area contributed by atoms with Crippen LogP contribution in [0.3, 0.4) is 0 Å². The highest BCUT2D eigenvalue weighted by molar-refractivity contribution is 5.86. The fourth-order valence-corrected chi connectivity index (χ4v) is 2.88. The van der Waals surface area contributed by atoms with Gasteiger partial charge < -0.3 is 14.8 Å². The van der Waals surface area contributed by atoms with Gasteiger partial charge in [-0.3, -0.25) is 4.90 Å². The van der Waals surface area contributed by atoms with Gasteiger partial charge in [-0.2, -0.15) is 0 Å². The summed E-state index contributed by atoms with van der Waals surface area (Å²) < 4.78 is 10.2. The van der Waals surface area contributed by atoms with Gasteiger partial charge in [0.15, 0.2) is 5.54 Å². The first kappa shape index (κ1) is 18.3. The smallest absolute Gasteiger partial charge is 0.408 e. The molecule has 2 rings (SSSR count). The van der Waals surface area contributed by atoms with Crippen molar-refractivity contribution in [3.8, 4) is 0 Å². The van der Waals surface area contributed by atoms with Crippen molar-refractivity contribution in [2.45, 2.75) is 44.9 Å². The monoisotopic (exact) mass is 334 g/mol. The summed E-state index contributed by atoms with van der Waals surface area (Å²) in [5, 5.41) is 2.74. The number of ether oxygens (including phenoxy) is 2. The fraction of sp³-hybridized carbons (Fsp3) is 0.556. The molecule has 132 valence electrons. The molecule has 1 N–H and O–H groups in total. The first-order valence-electron chi connectivity index (χ1n) is 8.10. The van der Waals surface area contributed by atoms with Crippen molar-refractivity contribution in [3.63, 3.8) is 0 Å². The van der Waals surface area contributed by atoms with E-state index >= 15 is 0 Å². The van der Waals surface area contributed by atoms with Crippen LogP contribution in [0.15, 0.2) is 30.3 Å². The number of hydrogen-bond donors (Lipinski definition) is 1. The Balaban J connectivity index is 2.07. The van der Waals surface area contributed by atoms with Gasteiger partial charge in [0.1, 0.15) is 5.60 Å². The number of hydrogen-bond acceptors (Lipinski definition) is 5. The van der Waals surface area contributed by atoms with Crippen LogP contribution < -0.4 is 5.32 Å². The second-order valence-corrected chi connectivity index (χ2v) is 7.15. The van der Waals surface area contributed by atoms with E-state index in [1.54, 1.807) is 20.8 Å². The SMILES string of the molecule is COC(=O)[C@]1(NC(=O)OC(C)(C)C)CCN(Cc2ccccc2)C1. The molecule has 0 radical (unpaired) electrons. The Hall–Kier alpha value is -2.08. The van der Waals surface area contributed by atoms with E-state index in [-0.39, 0.29) is 0 Å². The molecule has 1 aromatic carbocycles. The number of benzene rings is 1. The molecule has 0 unspecified atom stereocenters. The second-order valence-electron chi connectivity index (χ2n) is 7.15. The van der Waals surface area contributed by atoms with Crippen LogP contribution in [0.5, 0.6) is 0 Å². The number of nitrogens with one attached hydrogen (secondary N) is 1. The lowest BCUT2D eigenvalue weighted by Crippen LogP contribution is -2.57. The molecule has 1 aliphatic rings. The van der Waals surface area contributed by atoms with Crippen LogP contribution in [0.1, 0.15) is 32.8 Å². The second kappa shape index (κ2) is 7.21. The molecular weight excluding hydrogens is 308 g/mol. The maximum Gasteiger partial charge on any atom is 0.408 e. The Labute approximate surface area is 143 Å². The Bertz CT molecular complexity index is 582. The van der Waals surface area contributed by atoms with Gasteiger partial charge >= 0.3 is 12.1 Å². The number of rotatable bonds is 4. The van der Waals surface area contributed by atoms with Crippen molar-refractivity contribution in [1.82, 2.24) is 10.2 Å². The third kappa shape index (κ3) is 4.71. The zero-order chi connectivity index (χ0) is 17.8. The minimum Gasteiger partial charge on any atom is -0.467 e. The van der Waals surface area contributed by atoms with E-state index in [2.05, 4.69) is 10.2 Å². The summed E-state index contributed by atoms with van der Waals surface area (Å²) >= 11 is 0. The third-order valence-electron chi connectivity index (χ3n) is 3.91. The van der Waals surface area contributed by atoms with Crippen LogP contribution in [-0.2, 0) is 20.8 Å². The number of carbonyl (C=O) groups excluding carboxylic acids is 2. The molecule has 24 heavy (non-hydrogen) atoms. The molecule has 1 saturated heterocycles. The average molecular weight is 334 g/mol. The van der Waals surface area contributed by atoms with E-state index in [1.807, 2.05) is 30.3 Å². The number of esters is 1. The van der Waals surface area contributed by atoms with Gasteiger partial charge in [0.05, 0.1) is 7.11 Å². The summed E-state index contributed by atoms with van der Waals surface area (Å²) in [4.78, 5) is 26.6. The van der Waals surface area contributed by atoms with E-state index in [0.717, 1.165) is 12.1 Å². The molecule has 1 amide bonds. The van der Waals surface area contributed by atoms with Crippen molar-refractivity contribution in [3.05, 3.63) is 35.9 Å². The molecule has 1 aliphatic heterocycles. The van der Waals surface area contributed by atoms with Gasteiger partial charge in [-0.15, -0.1) is 0 Å². The Morgan fingerprint density at radius 3 is 2.50 bits per heavy atom. The topological polar surface area (TPSA) is 67.9 Å². The van der Waals surface area contributed by atoms with Crippen LogP contribution in [-0.4, -0.2) is 48.3 Å². The van der Waals surface area contributed by atoms with Crippen molar-refractivity contribution in [1.29, 1.82) is 0 Å². The quantitative estimate of drug-likeness (QED) is 0.856. The highest BCUT2D eigenvalue weighted by Gasteiger charge is 2.47. The van der Waals surface area contributed by atoms with Gasteiger partial charge in [0.2, 0.25) is 0 Å². The molecule has 1 heterocycles. The van der Waals surface area contributed by atoms with Crippen molar-refractivity contribution in [2.75, 3.05) is 20.2 Å². The highest BCUT2D eigenvalue weighted by atomic mass is 16.6. The number of amides is 1. The molecule has 0 aromatic heterocycles. The van der Waals surface area contributed by atoms with Crippen LogP contribution in [0.2, 0.25) is 0 Å². The summed E-state index contributed by atoms with van der Waals surface area (Å²) in [5.41, 5.74) is -0.522. The average Bonchev–Trinajstić information content (AvgIpc) is 2.89. The molecule has 0 saturated carbocycles. The molecule has 6 heteroatoms. The Kier molecular flexibility index (Phi) is 5.49. The van der Waals surface area contributed by atoms with Crippen molar-refractivity contribution < 1.29 is 19.1 Å². The zero-order valence-electron chi connectivity index (χ0n) is 14.8. The van der Waals surface area contributed by atoms with Crippen molar-refractivity contribution in [2.24, 2.45) is 0 Å². The predicted octanol–water partition coefficient (Wildman–Crippen LogP) is 2.33. The number of likely N-dealkylation sites (tertiary alicyclic amines) is 1. The zero-order valence-corrected chi connectivity index (χ0v) is 14.8. The molecule has 0 spiro atoms. The minimum absolute atomic E-state index is 0.397. The van der Waals surface area contributed by atoms with E-state index in [1.165, 1.54) is 7.11 Å². The van der Waals surface area contributed by atoms with Crippen LogP contribution >= 0.6 is 0 Å². The summed E-state index contributed by atoms with van der Waals surface area (Å²) in [5.74, 6) is -0.441. The molecule has 0 aliphatic carbocycles. The van der Waals surface area contributed by atoms with Gasteiger partial charge in [-0.25, -0.2) is 9.59 Å². The fourth-order valence-electron chi connectivity index (χ4n) is 2.88. The predicted molar refractivity (Wildman–Crippen MR) is 90.5 cm³/mol. The first-order valence-corrected chi connectivity index (χ1v) is 8.10. The van der Waals surface area contributed by atoms with Gasteiger partial charge in [0, 0.05) is 19.6 Å². The van der Waals surface area contributed by atoms with E-state index in [9.17, 15) is 9.59 Å². The van der Waals surface area contributed by atoms with Crippen LogP contribution in [0.4, 0.5) is 4.79 Å². The summed E-state index contributed by atoms with van der Waals surface area (Å²) in [6, 6.07) is 10.0. The largest absolute Gasteiger partial charge is 0.467 e. The highest BCUT2D eigenvalue weighted by Crippen LogP contribution is 2.25. The molecule has 1 aromatic rings. The van der Waals surface area contributed by atoms with Crippen molar-refractivity contribution >= 4 is 12.1 Å². The van der Waals surface area contributed by atoms with Gasteiger partial charge in [-0.1, -0.05) is 30.3 Å². The van der Waals surface area contributed by atoms with Crippen LogP contribution in [0, 0.1) is 0 Å². The Morgan fingerprint density at radius 2 is 1.92 bits per heavy atom. The maximum atomic E-state index is 12.3. The molecule has 0 bridgehead atoms. The van der Waals surface area contributed by atoms with E-state index in [0.29, 0.717) is 19.5 Å². The first-order chi connectivity index (χ1) is 11.2. The standard InChI is InChI=1S/C18H26N2O4/c1-17(2,3)24-16(22)19-18(15(21)23-4)10-11-20(13-18)12-14-8-6-5-7-9-14/h5-9H,10-13H2,1-4H3,(H,19,22)/t18-/m0/s1. The Morgan fingerprint density at radius 1 is 1.25 bits per heavy atom. The number of nitrogens with zero attached hydrogens (tertiary/aromatic N) is 1. The third-order valence-corrected chi connectivity index (χ3v) is 3.91. The van der Waals surface area contributed by atoms with E-state index < -0.39 is 23.2 Å². The number of methoxy groups -OCH3 is 1. The summed E-state index contributed by atoms with van der Waals surface area (Å²) in [6.45, 7) is 7.17. The molecular formula is C18H26N2O4. The summed E-state index contributed by atoms with van der Waals surface area (Å²) in [7, 11) is 1.33. The van der Waals surface area contributed by atoms with Crippen LogP contribution in [0.25, 0.3) is 0 Å². The number of alkyl carbamates (subject to hydrolysis) is 1. The number of carbonyl (C=O) groups is 2. The van der Waals surface area contributed by atoms with E-state index in [4.69, 9.17) is 9.47 Å². The lowest BCUT2D eigenvalue weighted by molar-refractivity contribution is -0.148. The minimum atomic E-state index is -1.06. The van der Waals surface area contributed by atoms with Gasteiger partial charge in [0.25, 0.3) is 0 Å². The van der Waals surface area contributed by atoms with Gasteiger partial charge in [-0.05, 0) is 32.8 Å².